The summed E-state index contributed by atoms with van der Waals surface area (Å²) in [4.78, 5) is 0. The molecule has 3 rings (SSSR count). The zero-order chi connectivity index (χ0) is 13.5. The second kappa shape index (κ2) is 4.66. The number of halogens is 1. The summed E-state index contributed by atoms with van der Waals surface area (Å²) >= 11 is 6.29. The molecule has 1 aliphatic heterocycles. The van der Waals surface area contributed by atoms with E-state index in [0.717, 1.165) is 30.2 Å². The van der Waals surface area contributed by atoms with Crippen LogP contribution in [0, 0.1) is 5.41 Å². The van der Waals surface area contributed by atoms with Crippen LogP contribution < -0.4 is 5.32 Å². The van der Waals surface area contributed by atoms with Crippen LogP contribution in [0.15, 0.2) is 30.5 Å². The number of fused-ring (bicyclic) bond motifs is 1. The van der Waals surface area contributed by atoms with E-state index in [9.17, 15) is 0 Å². The molecule has 4 heteroatoms. The molecule has 0 atom stereocenters. The first kappa shape index (κ1) is 12.7. The molecule has 1 aliphatic rings. The lowest BCUT2D eigenvalue weighted by Gasteiger charge is -2.23. The van der Waals surface area contributed by atoms with Gasteiger partial charge in [0.15, 0.2) is 0 Å². The van der Waals surface area contributed by atoms with Gasteiger partial charge in [0.25, 0.3) is 0 Å². The molecule has 0 radical (unpaired) electrons. The first-order chi connectivity index (χ1) is 9.07. The Balaban J connectivity index is 2.11. The second-order valence-electron chi connectivity index (χ2n) is 5.92. The van der Waals surface area contributed by atoms with Crippen LogP contribution >= 0.6 is 11.6 Å². The van der Waals surface area contributed by atoms with Crippen molar-refractivity contribution in [3.05, 3.63) is 46.7 Å². The van der Waals surface area contributed by atoms with Crippen LogP contribution in [0.5, 0.6) is 0 Å². The van der Waals surface area contributed by atoms with Crippen LogP contribution in [0.2, 0.25) is 5.02 Å². The predicted octanol–water partition coefficient (Wildman–Crippen LogP) is 3.20. The van der Waals surface area contributed by atoms with Gasteiger partial charge in [-0.1, -0.05) is 37.6 Å². The van der Waals surface area contributed by atoms with Crippen molar-refractivity contribution in [3.8, 4) is 5.69 Å². The van der Waals surface area contributed by atoms with Gasteiger partial charge in [-0.15, -0.1) is 0 Å². The molecule has 0 amide bonds. The highest BCUT2D eigenvalue weighted by Gasteiger charge is 2.26. The number of benzene rings is 1. The third-order valence-corrected chi connectivity index (χ3v) is 3.92. The number of rotatable bonds is 1. The molecule has 3 nitrogen and oxygen atoms in total. The fourth-order valence-electron chi connectivity index (χ4n) is 2.63. The normalized spacial score (nSPS) is 17.8. The molecule has 0 aliphatic carbocycles. The molecule has 1 aromatic heterocycles. The van der Waals surface area contributed by atoms with E-state index in [1.165, 1.54) is 11.3 Å². The van der Waals surface area contributed by atoms with Crippen molar-refractivity contribution in [2.75, 3.05) is 6.54 Å². The highest BCUT2D eigenvalue weighted by atomic mass is 35.5. The van der Waals surface area contributed by atoms with E-state index in [1.807, 2.05) is 35.1 Å². The van der Waals surface area contributed by atoms with E-state index in [0.29, 0.717) is 0 Å². The molecule has 2 heterocycles. The van der Waals surface area contributed by atoms with Gasteiger partial charge >= 0.3 is 0 Å². The molecule has 100 valence electrons. The van der Waals surface area contributed by atoms with Crippen LogP contribution in [0.25, 0.3) is 5.69 Å². The van der Waals surface area contributed by atoms with E-state index in [1.54, 1.807) is 0 Å². The average Bonchev–Trinajstić information content (AvgIpc) is 2.65. The zero-order valence-electron chi connectivity index (χ0n) is 11.3. The lowest BCUT2D eigenvalue weighted by atomic mass is 9.88. The fourth-order valence-corrected chi connectivity index (χ4v) is 2.84. The highest BCUT2D eigenvalue weighted by Crippen LogP contribution is 2.29. The Kier molecular flexibility index (Phi) is 3.11. The van der Waals surface area contributed by atoms with Crippen molar-refractivity contribution in [3.63, 3.8) is 0 Å². The van der Waals surface area contributed by atoms with Crippen LogP contribution in [-0.4, -0.2) is 16.3 Å². The summed E-state index contributed by atoms with van der Waals surface area (Å²) in [6, 6.07) is 7.86. The van der Waals surface area contributed by atoms with E-state index >= 15 is 0 Å². The summed E-state index contributed by atoms with van der Waals surface area (Å²) in [5.74, 6) is 0. The van der Waals surface area contributed by atoms with Crippen molar-refractivity contribution >= 4 is 11.6 Å². The van der Waals surface area contributed by atoms with Crippen molar-refractivity contribution < 1.29 is 0 Å². The van der Waals surface area contributed by atoms with Crippen molar-refractivity contribution in [1.29, 1.82) is 0 Å². The van der Waals surface area contributed by atoms with Crippen LogP contribution in [-0.2, 0) is 13.0 Å². The van der Waals surface area contributed by atoms with E-state index in [-0.39, 0.29) is 5.41 Å². The van der Waals surface area contributed by atoms with Crippen LogP contribution in [0.3, 0.4) is 0 Å². The van der Waals surface area contributed by atoms with E-state index < -0.39 is 0 Å². The molecule has 1 N–H and O–H groups in total. The molecule has 0 saturated heterocycles. The maximum absolute atomic E-state index is 6.29. The number of hydrogen-bond donors (Lipinski definition) is 1. The maximum atomic E-state index is 6.29. The molecular formula is C15H18ClN3. The lowest BCUT2D eigenvalue weighted by molar-refractivity contribution is 0.343. The largest absolute Gasteiger partial charge is 0.312 e. The van der Waals surface area contributed by atoms with Gasteiger partial charge in [-0.05, 0) is 24.0 Å². The second-order valence-corrected chi connectivity index (χ2v) is 6.33. The number of nitrogens with one attached hydrogen (secondary N) is 1. The summed E-state index contributed by atoms with van der Waals surface area (Å²) in [6.07, 6.45) is 2.95. The Labute approximate surface area is 118 Å². The lowest BCUT2D eigenvalue weighted by Crippen LogP contribution is -2.28. The Morgan fingerprint density at radius 3 is 2.89 bits per heavy atom. The SMILES string of the molecule is CC1(C)CNCc2cnn(-c3ccccc3Cl)c2C1. The average molecular weight is 276 g/mol. The minimum absolute atomic E-state index is 0.226. The zero-order valence-corrected chi connectivity index (χ0v) is 12.0. The first-order valence-electron chi connectivity index (χ1n) is 6.58. The van der Waals surface area contributed by atoms with Crippen LogP contribution in [0.1, 0.15) is 25.1 Å². The molecule has 0 saturated carbocycles. The standard InChI is InChI=1S/C15H18ClN3/c1-15(2)7-14-11(8-17-10-15)9-18-19(14)13-6-4-3-5-12(13)16/h3-6,9,17H,7-8,10H2,1-2H3. The van der Waals surface area contributed by atoms with Gasteiger partial charge < -0.3 is 5.32 Å². The van der Waals surface area contributed by atoms with Gasteiger partial charge in [0.2, 0.25) is 0 Å². The Hall–Kier alpha value is -1.32. The van der Waals surface area contributed by atoms with E-state index in [4.69, 9.17) is 11.6 Å². The van der Waals surface area contributed by atoms with Gasteiger partial charge in [0.1, 0.15) is 0 Å². The number of aromatic nitrogens is 2. The van der Waals surface area contributed by atoms with Gasteiger partial charge in [-0.25, -0.2) is 4.68 Å². The number of hydrogen-bond acceptors (Lipinski definition) is 2. The molecule has 0 fully saturated rings. The van der Waals surface area contributed by atoms with Crippen LogP contribution in [0.4, 0.5) is 0 Å². The van der Waals surface area contributed by atoms with Crippen molar-refractivity contribution in [2.24, 2.45) is 5.41 Å². The van der Waals surface area contributed by atoms with Crippen molar-refractivity contribution in [2.45, 2.75) is 26.8 Å². The number of nitrogens with zero attached hydrogens (tertiary/aromatic N) is 2. The molecular weight excluding hydrogens is 258 g/mol. The Bertz CT molecular complexity index is 601. The van der Waals surface area contributed by atoms with Gasteiger partial charge in [0.05, 0.1) is 16.9 Å². The molecule has 0 spiro atoms. The van der Waals surface area contributed by atoms with Gasteiger partial charge in [-0.3, -0.25) is 0 Å². The summed E-state index contributed by atoms with van der Waals surface area (Å²) in [7, 11) is 0. The highest BCUT2D eigenvalue weighted by molar-refractivity contribution is 6.32. The van der Waals surface area contributed by atoms with E-state index in [2.05, 4.69) is 24.3 Å². The third kappa shape index (κ3) is 2.40. The Morgan fingerprint density at radius 1 is 1.32 bits per heavy atom. The predicted molar refractivity (Wildman–Crippen MR) is 77.8 cm³/mol. The topological polar surface area (TPSA) is 29.9 Å². The quantitative estimate of drug-likeness (QED) is 0.866. The molecule has 0 bridgehead atoms. The smallest absolute Gasteiger partial charge is 0.0835 e. The van der Waals surface area contributed by atoms with Crippen molar-refractivity contribution in [1.82, 2.24) is 15.1 Å². The monoisotopic (exact) mass is 275 g/mol. The summed E-state index contributed by atoms with van der Waals surface area (Å²) in [5.41, 5.74) is 3.72. The summed E-state index contributed by atoms with van der Waals surface area (Å²) < 4.78 is 1.99. The molecule has 1 aromatic carbocycles. The fraction of sp³-hybridized carbons (Fsp3) is 0.400. The third-order valence-electron chi connectivity index (χ3n) is 3.60. The number of para-hydroxylation sites is 1. The summed E-state index contributed by atoms with van der Waals surface area (Å²) in [5, 5.41) is 8.75. The minimum Gasteiger partial charge on any atom is -0.312 e. The Morgan fingerprint density at radius 2 is 2.11 bits per heavy atom. The molecule has 2 aromatic rings. The van der Waals surface area contributed by atoms with Gasteiger partial charge in [-0.2, -0.15) is 5.10 Å². The maximum Gasteiger partial charge on any atom is 0.0835 e. The molecule has 0 unspecified atom stereocenters. The van der Waals surface area contributed by atoms with Gasteiger partial charge in [0, 0.05) is 24.3 Å². The minimum atomic E-state index is 0.226. The first-order valence-corrected chi connectivity index (χ1v) is 6.96. The summed E-state index contributed by atoms with van der Waals surface area (Å²) in [6.45, 7) is 6.45. The molecule has 19 heavy (non-hydrogen) atoms.